The van der Waals surface area contributed by atoms with Crippen LogP contribution < -0.4 is 10.6 Å². The van der Waals surface area contributed by atoms with E-state index in [-0.39, 0.29) is 18.2 Å². The highest BCUT2D eigenvalue weighted by molar-refractivity contribution is 5.56. The van der Waals surface area contributed by atoms with Gasteiger partial charge in [0, 0.05) is 18.3 Å². The first kappa shape index (κ1) is 12.9. The molecule has 1 heterocycles. The van der Waals surface area contributed by atoms with E-state index >= 15 is 0 Å². The Morgan fingerprint density at radius 1 is 1.05 bits per heavy atom. The minimum atomic E-state index is -0.184. The van der Waals surface area contributed by atoms with E-state index in [4.69, 9.17) is 5.73 Å². The molecule has 1 fully saturated rings. The van der Waals surface area contributed by atoms with E-state index in [1.807, 2.05) is 0 Å². The van der Waals surface area contributed by atoms with E-state index < -0.39 is 0 Å². The number of hydrogen-bond acceptors (Lipinski definition) is 3. The van der Waals surface area contributed by atoms with Gasteiger partial charge in [0.05, 0.1) is 12.1 Å². The third-order valence-electron chi connectivity index (χ3n) is 4.65. The molecule has 3 N–H and O–H groups in total. The second-order valence-corrected chi connectivity index (χ2v) is 5.92. The number of para-hydroxylation sites is 1. The molecule has 104 valence electrons. The lowest BCUT2D eigenvalue weighted by Crippen LogP contribution is -2.46. The number of nitrogens with zero attached hydrogens (tertiary/aromatic N) is 1. The van der Waals surface area contributed by atoms with Crippen LogP contribution in [0.3, 0.4) is 0 Å². The molecular formula is C16H24N2O. The Kier molecular flexibility index (Phi) is 3.76. The van der Waals surface area contributed by atoms with Crippen LogP contribution in [-0.2, 0) is 0 Å². The molecule has 2 aliphatic rings. The highest BCUT2D eigenvalue weighted by Gasteiger charge is 2.31. The van der Waals surface area contributed by atoms with E-state index in [1.165, 1.54) is 17.7 Å². The lowest BCUT2D eigenvalue weighted by atomic mass is 9.90. The quantitative estimate of drug-likeness (QED) is 0.816. The van der Waals surface area contributed by atoms with E-state index in [1.54, 1.807) is 0 Å². The Morgan fingerprint density at radius 2 is 1.84 bits per heavy atom. The van der Waals surface area contributed by atoms with Crippen LogP contribution in [0.1, 0.15) is 50.1 Å². The predicted octanol–water partition coefficient (Wildman–Crippen LogP) is 2.59. The molecule has 1 aromatic rings. The third kappa shape index (κ3) is 2.49. The van der Waals surface area contributed by atoms with Crippen LogP contribution in [0.25, 0.3) is 0 Å². The molecule has 1 aliphatic carbocycles. The fraction of sp³-hybridized carbons (Fsp3) is 0.625. The molecule has 3 rings (SSSR count). The van der Waals surface area contributed by atoms with Crippen molar-refractivity contribution in [2.24, 2.45) is 5.73 Å². The van der Waals surface area contributed by atoms with Crippen molar-refractivity contribution in [3.05, 3.63) is 29.8 Å². The normalized spacial score (nSPS) is 31.7. The first-order valence-corrected chi connectivity index (χ1v) is 7.56. The minimum absolute atomic E-state index is 0.141. The van der Waals surface area contributed by atoms with Gasteiger partial charge in [0.1, 0.15) is 0 Å². The molecule has 3 nitrogen and oxygen atoms in total. The maximum Gasteiger partial charge on any atom is 0.0743 e. The van der Waals surface area contributed by atoms with Crippen LogP contribution in [0.4, 0.5) is 5.69 Å². The molecule has 3 heteroatoms. The van der Waals surface area contributed by atoms with Gasteiger partial charge in [0.2, 0.25) is 0 Å². The van der Waals surface area contributed by atoms with Crippen LogP contribution in [0.5, 0.6) is 0 Å². The van der Waals surface area contributed by atoms with E-state index in [9.17, 15) is 5.11 Å². The summed E-state index contributed by atoms with van der Waals surface area (Å²) >= 11 is 0. The number of rotatable bonds is 1. The monoisotopic (exact) mass is 260 g/mol. The average molecular weight is 260 g/mol. The number of aliphatic hydroxyl groups excluding tert-OH is 1. The van der Waals surface area contributed by atoms with Gasteiger partial charge in [-0.1, -0.05) is 31.0 Å². The number of fused-ring (bicyclic) bond motifs is 1. The molecule has 0 saturated heterocycles. The largest absolute Gasteiger partial charge is 0.391 e. The summed E-state index contributed by atoms with van der Waals surface area (Å²) in [5, 5.41) is 10.3. The molecule has 0 aromatic heterocycles. The smallest absolute Gasteiger partial charge is 0.0743 e. The van der Waals surface area contributed by atoms with Gasteiger partial charge in [0.25, 0.3) is 0 Å². The summed E-state index contributed by atoms with van der Waals surface area (Å²) in [6.45, 7) is 1.02. The van der Waals surface area contributed by atoms with Crippen LogP contribution in [-0.4, -0.2) is 23.8 Å². The summed E-state index contributed by atoms with van der Waals surface area (Å²) in [5.41, 5.74) is 8.78. The Balaban J connectivity index is 1.94. The van der Waals surface area contributed by atoms with Crippen molar-refractivity contribution in [2.45, 2.75) is 56.7 Å². The van der Waals surface area contributed by atoms with Crippen LogP contribution in [0, 0.1) is 0 Å². The van der Waals surface area contributed by atoms with E-state index in [0.29, 0.717) is 0 Å². The fourth-order valence-electron chi connectivity index (χ4n) is 3.62. The van der Waals surface area contributed by atoms with Gasteiger partial charge in [0.15, 0.2) is 0 Å². The van der Waals surface area contributed by atoms with Crippen molar-refractivity contribution in [3.8, 4) is 0 Å². The Labute approximate surface area is 115 Å². The molecular weight excluding hydrogens is 236 g/mol. The molecule has 0 radical (unpaired) electrons. The van der Waals surface area contributed by atoms with Crippen molar-refractivity contribution in [1.29, 1.82) is 0 Å². The van der Waals surface area contributed by atoms with Gasteiger partial charge in [-0.3, -0.25) is 0 Å². The highest BCUT2D eigenvalue weighted by atomic mass is 16.3. The van der Waals surface area contributed by atoms with Crippen molar-refractivity contribution in [3.63, 3.8) is 0 Å². The summed E-state index contributed by atoms with van der Waals surface area (Å²) in [7, 11) is 0. The number of hydrogen-bond donors (Lipinski definition) is 2. The molecule has 1 saturated carbocycles. The highest BCUT2D eigenvalue weighted by Crippen LogP contribution is 2.35. The topological polar surface area (TPSA) is 49.5 Å². The first-order chi connectivity index (χ1) is 9.27. The molecule has 19 heavy (non-hydrogen) atoms. The molecule has 0 spiro atoms. The fourth-order valence-corrected chi connectivity index (χ4v) is 3.62. The maximum absolute atomic E-state index is 10.3. The third-order valence-corrected chi connectivity index (χ3v) is 4.65. The van der Waals surface area contributed by atoms with Gasteiger partial charge in [-0.2, -0.15) is 0 Å². The molecule has 0 amide bonds. The summed E-state index contributed by atoms with van der Waals surface area (Å²) < 4.78 is 0. The Bertz CT molecular complexity index is 435. The van der Waals surface area contributed by atoms with E-state index in [0.717, 1.165) is 38.6 Å². The van der Waals surface area contributed by atoms with Crippen molar-refractivity contribution in [1.82, 2.24) is 0 Å². The van der Waals surface area contributed by atoms with Crippen LogP contribution in [0.2, 0.25) is 0 Å². The summed E-state index contributed by atoms with van der Waals surface area (Å²) in [6, 6.07) is 8.88. The lowest BCUT2D eigenvalue weighted by molar-refractivity contribution is 0.104. The average Bonchev–Trinajstić information content (AvgIpc) is 2.60. The summed E-state index contributed by atoms with van der Waals surface area (Å²) in [5.74, 6) is 0. The zero-order valence-corrected chi connectivity index (χ0v) is 11.5. The maximum atomic E-state index is 10.3. The van der Waals surface area contributed by atoms with Crippen LogP contribution in [0.15, 0.2) is 24.3 Å². The standard InChI is InChI=1S/C16H24N2O/c17-13-7-5-11-18(14-8-2-1-6-12(13)14)15-9-3-4-10-16(15)19/h1-2,6,8,13,15-16,19H,3-5,7,9-11,17H2. The van der Waals surface area contributed by atoms with Gasteiger partial charge >= 0.3 is 0 Å². The van der Waals surface area contributed by atoms with Crippen molar-refractivity contribution in [2.75, 3.05) is 11.4 Å². The number of anilines is 1. The number of aliphatic hydroxyl groups is 1. The van der Waals surface area contributed by atoms with Gasteiger partial charge in [-0.25, -0.2) is 0 Å². The second kappa shape index (κ2) is 5.51. The Hall–Kier alpha value is -1.06. The second-order valence-electron chi connectivity index (χ2n) is 5.92. The first-order valence-electron chi connectivity index (χ1n) is 7.56. The van der Waals surface area contributed by atoms with Gasteiger partial charge in [-0.15, -0.1) is 0 Å². The molecule has 3 atom stereocenters. The number of nitrogens with two attached hydrogens (primary N) is 1. The molecule has 1 aliphatic heterocycles. The molecule has 0 bridgehead atoms. The lowest BCUT2D eigenvalue weighted by Gasteiger charge is -2.39. The molecule has 3 unspecified atom stereocenters. The van der Waals surface area contributed by atoms with Crippen LogP contribution >= 0.6 is 0 Å². The van der Waals surface area contributed by atoms with E-state index in [2.05, 4.69) is 29.2 Å². The minimum Gasteiger partial charge on any atom is -0.391 e. The Morgan fingerprint density at radius 3 is 2.68 bits per heavy atom. The SMILES string of the molecule is NC1CCCN(C2CCCCC2O)c2ccccc21. The number of benzene rings is 1. The molecule has 1 aromatic carbocycles. The summed E-state index contributed by atoms with van der Waals surface area (Å²) in [4.78, 5) is 2.42. The zero-order valence-electron chi connectivity index (χ0n) is 11.5. The van der Waals surface area contributed by atoms with Gasteiger partial charge in [-0.05, 0) is 37.3 Å². The van der Waals surface area contributed by atoms with Gasteiger partial charge < -0.3 is 15.7 Å². The predicted molar refractivity (Wildman–Crippen MR) is 78.2 cm³/mol. The van der Waals surface area contributed by atoms with Crippen molar-refractivity contribution < 1.29 is 5.11 Å². The zero-order chi connectivity index (χ0) is 13.2. The summed E-state index contributed by atoms with van der Waals surface area (Å²) in [6.07, 6.45) is 6.39. The van der Waals surface area contributed by atoms with Crippen molar-refractivity contribution >= 4 is 5.69 Å².